The summed E-state index contributed by atoms with van der Waals surface area (Å²) in [6.45, 7) is 0. The molecule has 9 rings (SSSR count). The smallest absolute Gasteiger partial charge is 0.171 e. The number of hydrogen-bond donors (Lipinski definition) is 0. The van der Waals surface area contributed by atoms with Gasteiger partial charge in [0.25, 0.3) is 0 Å². The summed E-state index contributed by atoms with van der Waals surface area (Å²) in [6, 6.07) is 60.2. The van der Waals surface area contributed by atoms with Crippen molar-refractivity contribution in [1.82, 2.24) is 9.38 Å². The van der Waals surface area contributed by atoms with Gasteiger partial charge in [0.2, 0.25) is 0 Å². The molecule has 47 heavy (non-hydrogen) atoms. The van der Waals surface area contributed by atoms with Gasteiger partial charge in [0.1, 0.15) is 5.65 Å². The lowest BCUT2D eigenvalue weighted by Crippen LogP contribution is -2.24. The maximum absolute atomic E-state index is 14.8. The van der Waals surface area contributed by atoms with Crippen molar-refractivity contribution in [2.45, 2.75) is 0 Å². The summed E-state index contributed by atoms with van der Waals surface area (Å²) in [5.41, 5.74) is 8.78. The highest BCUT2D eigenvalue weighted by atomic mass is 31.2. The van der Waals surface area contributed by atoms with Gasteiger partial charge in [-0.1, -0.05) is 152 Å². The average molecular weight is 621 g/mol. The lowest BCUT2D eigenvalue weighted by molar-refractivity contribution is 0.592. The van der Waals surface area contributed by atoms with Gasteiger partial charge in [0.15, 0.2) is 7.14 Å². The molecule has 0 fully saturated rings. The molecule has 0 amide bonds. The van der Waals surface area contributed by atoms with Crippen LogP contribution in [0.1, 0.15) is 0 Å². The van der Waals surface area contributed by atoms with Crippen molar-refractivity contribution in [1.29, 1.82) is 0 Å². The predicted octanol–water partition coefficient (Wildman–Crippen LogP) is 9.77. The van der Waals surface area contributed by atoms with E-state index in [2.05, 4.69) is 101 Å². The topological polar surface area (TPSA) is 34.4 Å². The monoisotopic (exact) mass is 620 g/mol. The van der Waals surface area contributed by atoms with Crippen LogP contribution in [0.2, 0.25) is 0 Å². The number of imidazole rings is 1. The molecule has 0 saturated carbocycles. The third kappa shape index (κ3) is 4.43. The Morgan fingerprint density at radius 1 is 0.404 bits per heavy atom. The lowest BCUT2D eigenvalue weighted by atomic mass is 9.97. The SMILES string of the molecule is O=P(c1ccccc1)(c1ccccc1)c1ccc(-c2ccc(-c3ccc4c(c3)c3ccccc3c3nc5ccccc5n43)cc2)cc1. The number of aromatic nitrogens is 2. The van der Waals surface area contributed by atoms with Gasteiger partial charge >= 0.3 is 0 Å². The van der Waals surface area contributed by atoms with Crippen molar-refractivity contribution >= 4 is 61.4 Å². The number of para-hydroxylation sites is 2. The summed E-state index contributed by atoms with van der Waals surface area (Å²) in [7, 11) is -3.00. The van der Waals surface area contributed by atoms with Crippen LogP contribution in [0, 0.1) is 0 Å². The number of fused-ring (bicyclic) bond motifs is 8. The molecule has 2 heterocycles. The lowest BCUT2D eigenvalue weighted by Gasteiger charge is -2.20. The minimum atomic E-state index is -3.00. The molecule has 0 aliphatic carbocycles. The fraction of sp³-hybridized carbons (Fsp3) is 0. The third-order valence-electron chi connectivity index (χ3n) is 9.28. The van der Waals surface area contributed by atoms with Gasteiger partial charge in [0, 0.05) is 26.7 Å². The molecule has 9 aromatic rings. The van der Waals surface area contributed by atoms with E-state index in [0.717, 1.165) is 60.2 Å². The van der Waals surface area contributed by atoms with Crippen molar-refractivity contribution in [3.63, 3.8) is 0 Å². The van der Waals surface area contributed by atoms with Crippen LogP contribution in [-0.4, -0.2) is 9.38 Å². The van der Waals surface area contributed by atoms with E-state index in [0.29, 0.717) is 0 Å². The van der Waals surface area contributed by atoms with E-state index < -0.39 is 7.14 Å². The Bertz CT molecular complexity index is 2580. The minimum Gasteiger partial charge on any atom is -0.309 e. The van der Waals surface area contributed by atoms with E-state index in [1.165, 1.54) is 16.3 Å². The van der Waals surface area contributed by atoms with Crippen LogP contribution in [0.4, 0.5) is 0 Å². The van der Waals surface area contributed by atoms with Gasteiger partial charge in [-0.2, -0.15) is 0 Å². The number of hydrogen-bond acceptors (Lipinski definition) is 2. The number of pyridine rings is 1. The van der Waals surface area contributed by atoms with Gasteiger partial charge in [-0.15, -0.1) is 0 Å². The molecule has 0 spiro atoms. The van der Waals surface area contributed by atoms with Crippen LogP contribution in [0.3, 0.4) is 0 Å². The molecule has 0 aliphatic heterocycles. The molecule has 2 aromatic heterocycles. The normalized spacial score (nSPS) is 11.9. The Kier molecular flexibility index (Phi) is 6.41. The Labute approximate surface area is 272 Å². The number of nitrogens with zero attached hydrogens (tertiary/aromatic N) is 2. The molecule has 0 aliphatic rings. The Morgan fingerprint density at radius 2 is 0.894 bits per heavy atom. The van der Waals surface area contributed by atoms with Crippen LogP contribution in [-0.2, 0) is 4.57 Å². The van der Waals surface area contributed by atoms with Crippen LogP contribution in [0.15, 0.2) is 176 Å². The minimum absolute atomic E-state index is 0.832. The highest BCUT2D eigenvalue weighted by Gasteiger charge is 2.29. The Morgan fingerprint density at radius 3 is 1.55 bits per heavy atom. The van der Waals surface area contributed by atoms with Crippen molar-refractivity contribution < 1.29 is 4.57 Å². The first-order valence-corrected chi connectivity index (χ1v) is 17.5. The van der Waals surface area contributed by atoms with E-state index in [4.69, 9.17) is 4.98 Å². The first-order valence-electron chi connectivity index (χ1n) is 15.8. The fourth-order valence-corrected chi connectivity index (χ4v) is 9.58. The van der Waals surface area contributed by atoms with Gasteiger partial charge in [-0.05, 0) is 51.9 Å². The maximum Gasteiger partial charge on any atom is 0.171 e. The van der Waals surface area contributed by atoms with E-state index in [-0.39, 0.29) is 0 Å². The zero-order valence-corrected chi connectivity index (χ0v) is 26.4. The molecule has 0 unspecified atom stereocenters. The highest BCUT2D eigenvalue weighted by molar-refractivity contribution is 7.85. The third-order valence-corrected chi connectivity index (χ3v) is 12.4. The van der Waals surface area contributed by atoms with Crippen LogP contribution < -0.4 is 15.9 Å². The van der Waals surface area contributed by atoms with Crippen LogP contribution in [0.25, 0.3) is 60.6 Å². The summed E-state index contributed by atoms with van der Waals surface area (Å²) in [5.74, 6) is 0. The van der Waals surface area contributed by atoms with E-state index in [1.807, 2.05) is 78.9 Å². The Hall–Kier alpha value is -5.76. The highest BCUT2D eigenvalue weighted by Crippen LogP contribution is 2.42. The molecular formula is C43H29N2OP. The first kappa shape index (κ1) is 27.5. The van der Waals surface area contributed by atoms with Gasteiger partial charge < -0.3 is 4.57 Å². The predicted molar refractivity (Wildman–Crippen MR) is 198 cm³/mol. The molecular weight excluding hydrogens is 591 g/mol. The molecule has 0 radical (unpaired) electrons. The number of benzene rings is 7. The van der Waals surface area contributed by atoms with E-state index in [1.54, 1.807) is 0 Å². The molecule has 0 bridgehead atoms. The second-order valence-corrected chi connectivity index (χ2v) is 14.7. The average Bonchev–Trinajstić information content (AvgIpc) is 3.55. The first-order chi connectivity index (χ1) is 23.2. The second kappa shape index (κ2) is 10.9. The van der Waals surface area contributed by atoms with Crippen LogP contribution in [0.5, 0.6) is 0 Å². The number of rotatable bonds is 5. The fourth-order valence-electron chi connectivity index (χ4n) is 6.93. The van der Waals surface area contributed by atoms with Gasteiger partial charge in [-0.25, -0.2) is 4.98 Å². The van der Waals surface area contributed by atoms with E-state index >= 15 is 0 Å². The standard InChI is InChI=1S/C43H29N2OP/c46-47(34-11-3-1-4-12-34,35-13-5-2-6-14-35)36-26-23-31(24-27-36)30-19-21-32(22-20-30)33-25-28-41-39(29-33)37-15-7-8-16-38(37)43-44-40-17-9-10-18-42(40)45(41)43/h1-29H. The zero-order chi connectivity index (χ0) is 31.4. The molecule has 3 nitrogen and oxygen atoms in total. The van der Waals surface area contributed by atoms with Crippen molar-refractivity contribution in [2.24, 2.45) is 0 Å². The summed E-state index contributed by atoms with van der Waals surface area (Å²) in [4.78, 5) is 5.01. The summed E-state index contributed by atoms with van der Waals surface area (Å²) < 4.78 is 17.0. The molecule has 222 valence electrons. The second-order valence-electron chi connectivity index (χ2n) is 11.9. The van der Waals surface area contributed by atoms with Crippen molar-refractivity contribution in [2.75, 3.05) is 0 Å². The molecule has 4 heteroatoms. The van der Waals surface area contributed by atoms with Crippen LogP contribution >= 0.6 is 7.14 Å². The maximum atomic E-state index is 14.8. The van der Waals surface area contributed by atoms with Gasteiger partial charge in [-0.3, -0.25) is 4.40 Å². The molecule has 7 aromatic carbocycles. The molecule has 0 saturated heterocycles. The Balaban J connectivity index is 1.09. The summed E-state index contributed by atoms with van der Waals surface area (Å²) in [5, 5.41) is 6.07. The summed E-state index contributed by atoms with van der Waals surface area (Å²) >= 11 is 0. The quantitative estimate of drug-likeness (QED) is 0.142. The van der Waals surface area contributed by atoms with Crippen molar-refractivity contribution in [3.8, 4) is 22.3 Å². The summed E-state index contributed by atoms with van der Waals surface area (Å²) in [6.07, 6.45) is 0. The zero-order valence-electron chi connectivity index (χ0n) is 25.5. The van der Waals surface area contributed by atoms with E-state index in [9.17, 15) is 4.57 Å². The molecule has 0 N–H and O–H groups in total. The largest absolute Gasteiger partial charge is 0.309 e. The molecule has 0 atom stereocenters. The van der Waals surface area contributed by atoms with Gasteiger partial charge in [0.05, 0.1) is 16.6 Å². The van der Waals surface area contributed by atoms with Crippen molar-refractivity contribution in [3.05, 3.63) is 176 Å².